The zero-order valence-corrected chi connectivity index (χ0v) is 17.6. The lowest BCUT2D eigenvalue weighted by molar-refractivity contribution is -0.137. The molecule has 8 heteroatoms. The Kier molecular flexibility index (Phi) is 6.17. The molecule has 4 aromatic rings. The van der Waals surface area contributed by atoms with Gasteiger partial charge in [-0.05, 0) is 48.0 Å². The molecule has 1 amide bonds. The normalized spacial score (nSPS) is 11.3. The van der Waals surface area contributed by atoms with Gasteiger partial charge in [-0.2, -0.15) is 18.3 Å². The number of hydrogen-bond donors (Lipinski definition) is 1. The second kappa shape index (κ2) is 9.20. The lowest BCUT2D eigenvalue weighted by atomic mass is 10.1. The lowest BCUT2D eigenvalue weighted by Gasteiger charge is -2.11. The van der Waals surface area contributed by atoms with Gasteiger partial charge in [0.05, 0.1) is 24.1 Å². The van der Waals surface area contributed by atoms with E-state index in [1.807, 2.05) is 30.3 Å². The second-order valence-electron chi connectivity index (χ2n) is 7.27. The second-order valence-corrected chi connectivity index (χ2v) is 7.27. The molecule has 0 bridgehead atoms. The predicted molar refractivity (Wildman–Crippen MR) is 118 cm³/mol. The van der Waals surface area contributed by atoms with Gasteiger partial charge < -0.3 is 10.1 Å². The monoisotopic (exact) mass is 451 g/mol. The van der Waals surface area contributed by atoms with Crippen molar-refractivity contribution >= 4 is 5.91 Å². The zero-order valence-electron chi connectivity index (χ0n) is 17.6. The van der Waals surface area contributed by atoms with Crippen LogP contribution < -0.4 is 10.1 Å². The molecule has 0 saturated carbocycles. The molecule has 0 aliphatic carbocycles. The first-order chi connectivity index (χ1) is 15.8. The topological polar surface area (TPSA) is 56.2 Å². The van der Waals surface area contributed by atoms with Crippen LogP contribution in [0.1, 0.15) is 21.6 Å². The van der Waals surface area contributed by atoms with Crippen molar-refractivity contribution < 1.29 is 22.7 Å². The van der Waals surface area contributed by atoms with Crippen LogP contribution in [0.4, 0.5) is 13.2 Å². The summed E-state index contributed by atoms with van der Waals surface area (Å²) in [5.74, 6) is 0.197. The van der Waals surface area contributed by atoms with Gasteiger partial charge >= 0.3 is 6.18 Å². The SMILES string of the molecule is COc1ccc(-n2nc(-c3ccccc3)cc2C(=O)NCc2cccc(C(F)(F)F)c2)cc1. The van der Waals surface area contributed by atoms with Gasteiger partial charge in [0.25, 0.3) is 5.91 Å². The molecule has 0 aliphatic heterocycles. The van der Waals surface area contributed by atoms with E-state index < -0.39 is 17.6 Å². The summed E-state index contributed by atoms with van der Waals surface area (Å²) in [5, 5.41) is 7.29. The van der Waals surface area contributed by atoms with E-state index in [4.69, 9.17) is 4.74 Å². The fourth-order valence-electron chi connectivity index (χ4n) is 3.34. The first-order valence-corrected chi connectivity index (χ1v) is 10.1. The van der Waals surface area contributed by atoms with Crippen LogP contribution in [0.2, 0.25) is 0 Å². The Morgan fingerprint density at radius 2 is 1.70 bits per heavy atom. The number of halogens is 3. The van der Waals surface area contributed by atoms with Gasteiger partial charge in [0, 0.05) is 12.1 Å². The summed E-state index contributed by atoms with van der Waals surface area (Å²) >= 11 is 0. The molecule has 0 aliphatic rings. The number of benzene rings is 3. The Morgan fingerprint density at radius 3 is 2.36 bits per heavy atom. The number of amides is 1. The quantitative estimate of drug-likeness (QED) is 0.421. The van der Waals surface area contributed by atoms with Gasteiger partial charge in [-0.15, -0.1) is 0 Å². The Hall–Kier alpha value is -4.07. The Morgan fingerprint density at radius 1 is 0.970 bits per heavy atom. The van der Waals surface area contributed by atoms with E-state index in [0.717, 1.165) is 17.7 Å². The maximum absolute atomic E-state index is 13.0. The van der Waals surface area contributed by atoms with Crippen LogP contribution in [0.15, 0.2) is 84.9 Å². The van der Waals surface area contributed by atoms with E-state index in [0.29, 0.717) is 22.7 Å². The highest BCUT2D eigenvalue weighted by Gasteiger charge is 2.30. The molecule has 4 rings (SSSR count). The number of aromatic nitrogens is 2. The van der Waals surface area contributed by atoms with Gasteiger partial charge in [0.2, 0.25) is 0 Å². The maximum atomic E-state index is 13.0. The molecule has 0 radical (unpaired) electrons. The predicted octanol–water partition coefficient (Wildman–Crippen LogP) is 5.50. The number of alkyl halides is 3. The molecule has 0 atom stereocenters. The molecular weight excluding hydrogens is 431 g/mol. The van der Waals surface area contributed by atoms with Crippen molar-refractivity contribution in [1.29, 1.82) is 0 Å². The fraction of sp³-hybridized carbons (Fsp3) is 0.120. The van der Waals surface area contributed by atoms with Crippen molar-refractivity contribution in [2.75, 3.05) is 7.11 Å². The molecular formula is C25H20F3N3O2. The first kappa shape index (κ1) is 22.1. The Balaban J connectivity index is 1.64. The van der Waals surface area contributed by atoms with Crippen molar-refractivity contribution in [3.05, 3.63) is 102 Å². The van der Waals surface area contributed by atoms with Gasteiger partial charge in [-0.3, -0.25) is 4.79 Å². The van der Waals surface area contributed by atoms with Crippen LogP contribution in [0.3, 0.4) is 0 Å². The van der Waals surface area contributed by atoms with Crippen LogP contribution in [0, 0.1) is 0 Å². The summed E-state index contributed by atoms with van der Waals surface area (Å²) < 4.78 is 45.6. The van der Waals surface area contributed by atoms with Crippen molar-refractivity contribution in [3.8, 4) is 22.7 Å². The molecule has 1 N–H and O–H groups in total. The van der Waals surface area contributed by atoms with Crippen molar-refractivity contribution in [3.63, 3.8) is 0 Å². The summed E-state index contributed by atoms with van der Waals surface area (Å²) in [6.45, 7) is -0.0583. The number of nitrogens with one attached hydrogen (secondary N) is 1. The fourth-order valence-corrected chi connectivity index (χ4v) is 3.34. The Labute approximate surface area is 188 Å². The van der Waals surface area contributed by atoms with E-state index in [2.05, 4.69) is 10.4 Å². The number of ether oxygens (including phenoxy) is 1. The molecule has 168 valence electrons. The van der Waals surface area contributed by atoms with Gasteiger partial charge in [0.15, 0.2) is 0 Å². The van der Waals surface area contributed by atoms with E-state index in [-0.39, 0.29) is 12.2 Å². The van der Waals surface area contributed by atoms with E-state index in [1.54, 1.807) is 37.4 Å². The summed E-state index contributed by atoms with van der Waals surface area (Å²) in [6.07, 6.45) is -4.45. The van der Waals surface area contributed by atoms with Crippen molar-refractivity contribution in [1.82, 2.24) is 15.1 Å². The molecule has 0 saturated heterocycles. The average Bonchev–Trinajstić information content (AvgIpc) is 3.28. The van der Waals surface area contributed by atoms with Crippen molar-refractivity contribution in [2.45, 2.75) is 12.7 Å². The van der Waals surface area contributed by atoms with Crippen molar-refractivity contribution in [2.24, 2.45) is 0 Å². The largest absolute Gasteiger partial charge is 0.497 e. The number of nitrogens with zero attached hydrogens (tertiary/aromatic N) is 2. The van der Waals surface area contributed by atoms with E-state index >= 15 is 0 Å². The van der Waals surface area contributed by atoms with Gasteiger partial charge in [-0.25, -0.2) is 4.68 Å². The molecule has 1 aromatic heterocycles. The van der Waals surface area contributed by atoms with Crippen LogP contribution in [0.5, 0.6) is 5.75 Å². The number of methoxy groups -OCH3 is 1. The summed E-state index contributed by atoms with van der Waals surface area (Å²) in [5.41, 5.74) is 1.90. The third-order valence-corrected chi connectivity index (χ3v) is 5.04. The number of carbonyl (C=O) groups is 1. The number of rotatable bonds is 6. The summed E-state index contributed by atoms with van der Waals surface area (Å²) in [4.78, 5) is 13.0. The van der Waals surface area contributed by atoms with Gasteiger partial charge in [0.1, 0.15) is 11.4 Å². The number of carbonyl (C=O) groups excluding carboxylic acids is 1. The minimum absolute atomic E-state index is 0.0583. The van der Waals surface area contributed by atoms with Crippen LogP contribution in [0.25, 0.3) is 16.9 Å². The van der Waals surface area contributed by atoms with Gasteiger partial charge in [-0.1, -0.05) is 42.5 Å². The Bertz CT molecular complexity index is 1250. The third kappa shape index (κ3) is 5.06. The minimum atomic E-state index is -4.45. The minimum Gasteiger partial charge on any atom is -0.497 e. The summed E-state index contributed by atoms with van der Waals surface area (Å²) in [7, 11) is 1.56. The zero-order chi connectivity index (χ0) is 23.4. The maximum Gasteiger partial charge on any atom is 0.416 e. The molecule has 1 heterocycles. The van der Waals surface area contributed by atoms with Crippen LogP contribution in [-0.2, 0) is 12.7 Å². The highest BCUT2D eigenvalue weighted by Crippen LogP contribution is 2.29. The summed E-state index contributed by atoms with van der Waals surface area (Å²) in [6, 6.07) is 23.0. The third-order valence-electron chi connectivity index (χ3n) is 5.04. The highest BCUT2D eigenvalue weighted by molar-refractivity contribution is 5.94. The van der Waals surface area contributed by atoms with Crippen LogP contribution in [-0.4, -0.2) is 22.8 Å². The molecule has 0 fully saturated rings. The molecule has 0 spiro atoms. The molecule has 3 aromatic carbocycles. The smallest absolute Gasteiger partial charge is 0.416 e. The van der Waals surface area contributed by atoms with Crippen LogP contribution >= 0.6 is 0 Å². The molecule has 33 heavy (non-hydrogen) atoms. The van der Waals surface area contributed by atoms with E-state index in [9.17, 15) is 18.0 Å². The molecule has 5 nitrogen and oxygen atoms in total. The highest BCUT2D eigenvalue weighted by atomic mass is 19.4. The lowest BCUT2D eigenvalue weighted by Crippen LogP contribution is -2.25. The van der Waals surface area contributed by atoms with E-state index in [1.165, 1.54) is 16.8 Å². The molecule has 0 unspecified atom stereocenters. The standard InChI is InChI=1S/C25H20F3N3O2/c1-33-21-12-10-20(11-13-21)31-23(15-22(30-31)18-7-3-2-4-8-18)24(32)29-16-17-6-5-9-19(14-17)25(26,27)28/h2-15H,16H2,1H3,(H,29,32). The number of hydrogen-bond acceptors (Lipinski definition) is 3. The average molecular weight is 451 g/mol. The first-order valence-electron chi connectivity index (χ1n) is 10.1.